The van der Waals surface area contributed by atoms with Crippen LogP contribution in [0.4, 0.5) is 13.2 Å². The van der Waals surface area contributed by atoms with Crippen LogP contribution in [0.15, 0.2) is 33.7 Å². The molecule has 0 aliphatic carbocycles. The molecule has 0 aliphatic rings. The largest absolute Gasteiger partial charge is 0.416 e. The molecule has 18 heavy (non-hydrogen) atoms. The lowest BCUT2D eigenvalue weighted by atomic mass is 10.1. The van der Waals surface area contributed by atoms with Gasteiger partial charge >= 0.3 is 6.18 Å². The van der Waals surface area contributed by atoms with Gasteiger partial charge in [0.25, 0.3) is 0 Å². The molecule has 0 amide bonds. The number of hydrogen-bond donors (Lipinski definition) is 0. The third kappa shape index (κ3) is 3.05. The Balaban J connectivity index is 2.51. The van der Waals surface area contributed by atoms with Gasteiger partial charge in [-0.25, -0.2) is 9.97 Å². The topological polar surface area (TPSA) is 38.7 Å². The molecule has 2 rings (SSSR count). The van der Waals surface area contributed by atoms with Gasteiger partial charge < -0.3 is 0 Å². The first-order chi connectivity index (χ1) is 8.36. The van der Waals surface area contributed by atoms with Crippen LogP contribution in [0.1, 0.15) is 5.56 Å². The van der Waals surface area contributed by atoms with E-state index in [0.717, 1.165) is 12.1 Å². The summed E-state index contributed by atoms with van der Waals surface area (Å²) < 4.78 is 38.2. The first kappa shape index (κ1) is 13.4. The lowest BCUT2D eigenvalue weighted by molar-refractivity contribution is -0.137. The Morgan fingerprint density at radius 3 is 2.11 bits per heavy atom. The van der Waals surface area contributed by atoms with E-state index in [1.165, 1.54) is 12.1 Å². The Morgan fingerprint density at radius 1 is 0.944 bits per heavy atom. The summed E-state index contributed by atoms with van der Waals surface area (Å²) in [5, 5.41) is 0. The number of benzene rings is 1. The van der Waals surface area contributed by atoms with E-state index in [1.807, 2.05) is 0 Å². The molecule has 0 saturated heterocycles. The molecule has 0 fully saturated rings. The molecule has 0 atom stereocenters. The number of nitrogens with zero attached hydrogens (tertiary/aromatic N) is 3. The Hall–Kier alpha value is -1.02. The molecule has 0 N–H and O–H groups in total. The zero-order chi connectivity index (χ0) is 13.3. The van der Waals surface area contributed by atoms with E-state index in [9.17, 15) is 13.2 Å². The quantitative estimate of drug-likeness (QED) is 0.745. The van der Waals surface area contributed by atoms with Crippen molar-refractivity contribution in [1.29, 1.82) is 0 Å². The fourth-order valence-corrected chi connectivity index (χ4v) is 2.20. The summed E-state index contributed by atoms with van der Waals surface area (Å²) in [6.45, 7) is 0. The Bertz CT molecular complexity index is 567. The molecule has 1 heterocycles. The lowest BCUT2D eigenvalue weighted by Gasteiger charge is -2.08. The minimum atomic E-state index is -4.39. The van der Waals surface area contributed by atoms with Crippen molar-refractivity contribution in [3.8, 4) is 11.4 Å². The highest BCUT2D eigenvalue weighted by atomic mass is 79.9. The Labute approximate surface area is 117 Å². The molecule has 0 saturated carbocycles. The second kappa shape index (κ2) is 4.93. The van der Waals surface area contributed by atoms with Gasteiger partial charge in [0.05, 0.1) is 5.56 Å². The summed E-state index contributed by atoms with van der Waals surface area (Å²) in [7, 11) is 0. The molecular formula is C10H4Br2F3N3. The Morgan fingerprint density at radius 2 is 1.56 bits per heavy atom. The molecule has 1 aromatic carbocycles. The highest BCUT2D eigenvalue weighted by Crippen LogP contribution is 2.31. The molecule has 1 aromatic heterocycles. The average Bonchev–Trinajstić information content (AvgIpc) is 2.27. The van der Waals surface area contributed by atoms with Crippen molar-refractivity contribution in [3.05, 3.63) is 39.3 Å². The fourth-order valence-electron chi connectivity index (χ4n) is 1.29. The highest BCUT2D eigenvalue weighted by molar-refractivity contribution is 9.11. The lowest BCUT2D eigenvalue weighted by Crippen LogP contribution is -2.05. The summed E-state index contributed by atoms with van der Waals surface area (Å²) in [5.74, 6) is 0.162. The summed E-state index contributed by atoms with van der Waals surface area (Å²) in [5.41, 5.74) is -0.471. The standard InChI is InChI=1S/C10H4Br2F3N3/c11-8-16-7(17-9(12)18-8)5-2-1-3-6(4-5)10(13,14)15/h1-4H. The highest BCUT2D eigenvalue weighted by Gasteiger charge is 2.30. The smallest absolute Gasteiger partial charge is 0.202 e. The maximum atomic E-state index is 12.6. The van der Waals surface area contributed by atoms with Crippen molar-refractivity contribution < 1.29 is 13.2 Å². The van der Waals surface area contributed by atoms with Crippen LogP contribution in [0, 0.1) is 0 Å². The zero-order valence-corrected chi connectivity index (χ0v) is 11.7. The molecule has 2 aromatic rings. The van der Waals surface area contributed by atoms with Crippen LogP contribution in [0.25, 0.3) is 11.4 Å². The SMILES string of the molecule is FC(F)(F)c1cccc(-c2nc(Br)nc(Br)n2)c1. The molecule has 0 aliphatic heterocycles. The van der Waals surface area contributed by atoms with Gasteiger partial charge in [0, 0.05) is 5.56 Å². The number of alkyl halides is 3. The monoisotopic (exact) mass is 381 g/mol. The van der Waals surface area contributed by atoms with Crippen molar-refractivity contribution >= 4 is 31.9 Å². The van der Waals surface area contributed by atoms with E-state index in [1.54, 1.807) is 0 Å². The molecule has 8 heteroatoms. The van der Waals surface area contributed by atoms with Gasteiger partial charge in [0.1, 0.15) is 0 Å². The van der Waals surface area contributed by atoms with E-state index in [0.29, 0.717) is 0 Å². The van der Waals surface area contributed by atoms with E-state index in [4.69, 9.17) is 0 Å². The summed E-state index contributed by atoms with van der Waals surface area (Å²) in [6.07, 6.45) is -4.39. The van der Waals surface area contributed by atoms with Crippen LogP contribution < -0.4 is 0 Å². The predicted molar refractivity (Wildman–Crippen MR) is 65.7 cm³/mol. The number of halogens is 5. The number of aromatic nitrogens is 3. The maximum Gasteiger partial charge on any atom is 0.416 e. The van der Waals surface area contributed by atoms with Gasteiger partial charge in [-0.05, 0) is 44.0 Å². The third-order valence-corrected chi connectivity index (χ3v) is 2.74. The normalized spacial score (nSPS) is 11.6. The molecule has 0 bridgehead atoms. The second-order valence-corrected chi connectivity index (χ2v) is 4.69. The van der Waals surface area contributed by atoms with Gasteiger partial charge in [-0.1, -0.05) is 12.1 Å². The van der Waals surface area contributed by atoms with Gasteiger partial charge in [0.2, 0.25) is 9.47 Å². The van der Waals surface area contributed by atoms with Crippen LogP contribution in [0.2, 0.25) is 0 Å². The first-order valence-corrected chi connectivity index (χ1v) is 6.19. The molecular weight excluding hydrogens is 379 g/mol. The molecule has 0 unspecified atom stereocenters. The van der Waals surface area contributed by atoms with E-state index >= 15 is 0 Å². The number of rotatable bonds is 1. The van der Waals surface area contributed by atoms with Crippen molar-refractivity contribution in [3.63, 3.8) is 0 Å². The van der Waals surface area contributed by atoms with Crippen LogP contribution in [-0.4, -0.2) is 15.0 Å². The van der Waals surface area contributed by atoms with Crippen molar-refractivity contribution in [1.82, 2.24) is 15.0 Å². The third-order valence-electron chi connectivity index (χ3n) is 2.03. The molecule has 94 valence electrons. The minimum absolute atomic E-state index is 0.162. The molecule has 3 nitrogen and oxygen atoms in total. The average molecular weight is 383 g/mol. The van der Waals surface area contributed by atoms with Gasteiger partial charge in [-0.2, -0.15) is 18.2 Å². The number of hydrogen-bond acceptors (Lipinski definition) is 3. The van der Waals surface area contributed by atoms with Gasteiger partial charge in [0.15, 0.2) is 5.82 Å². The van der Waals surface area contributed by atoms with Crippen LogP contribution in [0.5, 0.6) is 0 Å². The van der Waals surface area contributed by atoms with E-state index in [2.05, 4.69) is 46.8 Å². The van der Waals surface area contributed by atoms with Crippen LogP contribution in [-0.2, 0) is 6.18 Å². The predicted octanol–water partition coefficient (Wildman–Crippen LogP) is 4.08. The van der Waals surface area contributed by atoms with Gasteiger partial charge in [-0.3, -0.25) is 0 Å². The van der Waals surface area contributed by atoms with Gasteiger partial charge in [-0.15, -0.1) is 0 Å². The fraction of sp³-hybridized carbons (Fsp3) is 0.100. The van der Waals surface area contributed by atoms with Crippen molar-refractivity contribution in [2.24, 2.45) is 0 Å². The zero-order valence-electron chi connectivity index (χ0n) is 8.54. The van der Waals surface area contributed by atoms with Crippen molar-refractivity contribution in [2.45, 2.75) is 6.18 Å². The van der Waals surface area contributed by atoms with Crippen molar-refractivity contribution in [2.75, 3.05) is 0 Å². The van der Waals surface area contributed by atoms with E-state index in [-0.39, 0.29) is 20.9 Å². The van der Waals surface area contributed by atoms with Crippen LogP contribution >= 0.6 is 31.9 Å². The molecule has 0 radical (unpaired) electrons. The van der Waals surface area contributed by atoms with Crippen LogP contribution in [0.3, 0.4) is 0 Å². The summed E-state index contributed by atoms with van der Waals surface area (Å²) in [6, 6.07) is 4.80. The molecule has 0 spiro atoms. The second-order valence-electron chi connectivity index (χ2n) is 3.28. The Kier molecular flexibility index (Phi) is 3.67. The maximum absolute atomic E-state index is 12.6. The summed E-state index contributed by atoms with van der Waals surface area (Å²) >= 11 is 6.11. The first-order valence-electron chi connectivity index (χ1n) is 4.61. The minimum Gasteiger partial charge on any atom is -0.202 e. The summed E-state index contributed by atoms with van der Waals surface area (Å²) in [4.78, 5) is 11.7. The van der Waals surface area contributed by atoms with E-state index < -0.39 is 11.7 Å².